The number of ether oxygens (including phenoxy) is 2. The van der Waals surface area contributed by atoms with Crippen molar-refractivity contribution in [2.24, 2.45) is 0 Å². The Morgan fingerprint density at radius 2 is 1.56 bits per heavy atom. The molecule has 0 aliphatic carbocycles. The summed E-state index contributed by atoms with van der Waals surface area (Å²) >= 11 is 0. The van der Waals surface area contributed by atoms with Crippen LogP contribution >= 0.6 is 0 Å². The summed E-state index contributed by atoms with van der Waals surface area (Å²) in [7, 11) is -2.09. The summed E-state index contributed by atoms with van der Waals surface area (Å²) in [6.45, 7) is 2.79. The molecule has 1 aliphatic heterocycles. The fourth-order valence-electron chi connectivity index (χ4n) is 3.54. The van der Waals surface area contributed by atoms with Gasteiger partial charge in [-0.3, -0.25) is 9.52 Å². The van der Waals surface area contributed by atoms with E-state index in [1.54, 1.807) is 49.2 Å². The van der Waals surface area contributed by atoms with Gasteiger partial charge in [0.15, 0.2) is 11.5 Å². The van der Waals surface area contributed by atoms with Gasteiger partial charge in [-0.15, -0.1) is 0 Å². The summed E-state index contributed by atoms with van der Waals surface area (Å²) in [6, 6.07) is 20.2. The molecule has 0 spiro atoms. The van der Waals surface area contributed by atoms with Crippen LogP contribution in [0.1, 0.15) is 13.3 Å². The quantitative estimate of drug-likeness (QED) is 0.527. The Labute approximate surface area is 199 Å². The average Bonchev–Trinajstić information content (AvgIpc) is 3.09. The lowest BCUT2D eigenvalue weighted by Crippen LogP contribution is -2.39. The number of hydrogen-bond donors (Lipinski definition) is 2. The predicted octanol–water partition coefficient (Wildman–Crippen LogP) is 4.11. The number of amides is 1. The number of carbonyl (C=O) groups is 1. The standard InChI is InChI=1S/C25H27N3O5S/c1-18(25(29)28(2)21-7-4-3-5-8-21)26-19-9-11-20(12-10-19)27-34(30,31)22-13-14-23-24(17-22)33-16-6-15-32-23/h3-5,7-14,17-18,26-27H,6,15-16H2,1-2H3/t18-/m0/s1. The summed E-state index contributed by atoms with van der Waals surface area (Å²) < 4.78 is 39.5. The molecule has 8 nitrogen and oxygen atoms in total. The molecule has 0 saturated carbocycles. The Kier molecular flexibility index (Phi) is 6.93. The van der Waals surface area contributed by atoms with Crippen LogP contribution in [-0.2, 0) is 14.8 Å². The maximum absolute atomic E-state index is 12.9. The van der Waals surface area contributed by atoms with Crippen molar-refractivity contribution in [2.45, 2.75) is 24.3 Å². The molecule has 0 aromatic heterocycles. The van der Waals surface area contributed by atoms with Gasteiger partial charge in [0, 0.05) is 36.6 Å². The van der Waals surface area contributed by atoms with Crippen LogP contribution in [-0.4, -0.2) is 40.6 Å². The molecule has 0 unspecified atom stereocenters. The highest BCUT2D eigenvalue weighted by Gasteiger charge is 2.20. The third kappa shape index (κ3) is 5.43. The maximum Gasteiger partial charge on any atom is 0.262 e. The Morgan fingerprint density at radius 3 is 2.26 bits per heavy atom. The third-order valence-electron chi connectivity index (χ3n) is 5.39. The molecular weight excluding hydrogens is 454 g/mol. The van der Waals surface area contributed by atoms with E-state index < -0.39 is 16.1 Å². The van der Waals surface area contributed by atoms with Crippen molar-refractivity contribution in [3.8, 4) is 11.5 Å². The van der Waals surface area contributed by atoms with Crippen molar-refractivity contribution >= 4 is 33.0 Å². The van der Waals surface area contributed by atoms with Crippen molar-refractivity contribution in [1.29, 1.82) is 0 Å². The molecule has 2 N–H and O–H groups in total. The van der Waals surface area contributed by atoms with Gasteiger partial charge < -0.3 is 19.7 Å². The molecule has 9 heteroatoms. The van der Waals surface area contributed by atoms with Gasteiger partial charge in [0.2, 0.25) is 5.91 Å². The number of carbonyl (C=O) groups excluding carboxylic acids is 1. The molecule has 0 fully saturated rings. The van der Waals surface area contributed by atoms with Crippen LogP contribution < -0.4 is 24.4 Å². The molecule has 0 bridgehead atoms. The number of hydrogen-bond acceptors (Lipinski definition) is 6. The third-order valence-corrected chi connectivity index (χ3v) is 6.77. The second kappa shape index (κ2) is 10.0. The lowest BCUT2D eigenvalue weighted by atomic mass is 10.2. The van der Waals surface area contributed by atoms with Crippen LogP contribution in [0.3, 0.4) is 0 Å². The molecule has 4 rings (SSSR count). The number of rotatable bonds is 7. The average molecular weight is 482 g/mol. The fourth-order valence-corrected chi connectivity index (χ4v) is 4.61. The number of benzene rings is 3. The molecule has 1 amide bonds. The SMILES string of the molecule is C[C@H](Nc1ccc(NS(=O)(=O)c2ccc3c(c2)OCCCO3)cc1)C(=O)N(C)c1ccccc1. The van der Waals surface area contributed by atoms with Gasteiger partial charge in [0.25, 0.3) is 10.0 Å². The molecule has 1 heterocycles. The van der Waals surface area contributed by atoms with Gasteiger partial charge in [-0.25, -0.2) is 8.42 Å². The van der Waals surface area contributed by atoms with Crippen molar-refractivity contribution in [1.82, 2.24) is 0 Å². The normalized spacial score (nSPS) is 13.9. The first-order valence-electron chi connectivity index (χ1n) is 11.0. The summed E-state index contributed by atoms with van der Waals surface area (Å²) in [5.74, 6) is 0.859. The van der Waals surface area contributed by atoms with E-state index in [1.165, 1.54) is 12.1 Å². The molecule has 0 saturated heterocycles. The Morgan fingerprint density at radius 1 is 0.912 bits per heavy atom. The number of para-hydroxylation sites is 1. The lowest BCUT2D eigenvalue weighted by molar-refractivity contribution is -0.118. The van der Waals surface area contributed by atoms with Gasteiger partial charge in [-0.1, -0.05) is 18.2 Å². The number of nitrogens with zero attached hydrogens (tertiary/aromatic N) is 1. The number of anilines is 3. The molecule has 3 aromatic rings. The molecule has 34 heavy (non-hydrogen) atoms. The molecule has 0 radical (unpaired) electrons. The molecule has 178 valence electrons. The number of likely N-dealkylation sites (N-methyl/N-ethyl adjacent to an activating group) is 1. The van der Waals surface area contributed by atoms with Gasteiger partial charge in [-0.05, 0) is 55.5 Å². The summed E-state index contributed by atoms with van der Waals surface area (Å²) in [5.41, 5.74) is 1.90. The Hall–Kier alpha value is -3.72. The topological polar surface area (TPSA) is 97.0 Å². The van der Waals surface area contributed by atoms with Crippen molar-refractivity contribution in [3.63, 3.8) is 0 Å². The van der Waals surface area contributed by atoms with E-state index in [-0.39, 0.29) is 10.8 Å². The minimum atomic E-state index is -3.82. The first kappa shape index (κ1) is 23.4. The van der Waals surface area contributed by atoms with E-state index in [9.17, 15) is 13.2 Å². The van der Waals surface area contributed by atoms with Crippen LogP contribution in [0.5, 0.6) is 11.5 Å². The van der Waals surface area contributed by atoms with Crippen LogP contribution in [0.15, 0.2) is 77.7 Å². The van der Waals surface area contributed by atoms with Gasteiger partial charge in [0.1, 0.15) is 6.04 Å². The zero-order valence-electron chi connectivity index (χ0n) is 19.0. The van der Waals surface area contributed by atoms with E-state index in [2.05, 4.69) is 10.0 Å². The molecule has 3 aromatic carbocycles. The number of sulfonamides is 1. The first-order valence-corrected chi connectivity index (χ1v) is 12.4. The van der Waals surface area contributed by atoms with Crippen molar-refractivity contribution in [3.05, 3.63) is 72.8 Å². The predicted molar refractivity (Wildman–Crippen MR) is 132 cm³/mol. The van der Waals surface area contributed by atoms with Crippen LogP contribution in [0.4, 0.5) is 17.1 Å². The zero-order valence-corrected chi connectivity index (χ0v) is 19.8. The maximum atomic E-state index is 12.9. The minimum Gasteiger partial charge on any atom is -0.490 e. The summed E-state index contributed by atoms with van der Waals surface area (Å²) in [6.07, 6.45) is 0.738. The van der Waals surface area contributed by atoms with Crippen LogP contribution in [0, 0.1) is 0 Å². The smallest absolute Gasteiger partial charge is 0.262 e. The lowest BCUT2D eigenvalue weighted by Gasteiger charge is -2.23. The largest absolute Gasteiger partial charge is 0.490 e. The molecule has 1 aliphatic rings. The second-order valence-electron chi connectivity index (χ2n) is 7.94. The summed E-state index contributed by atoms with van der Waals surface area (Å²) in [4.78, 5) is 14.4. The number of fused-ring (bicyclic) bond motifs is 1. The highest BCUT2D eigenvalue weighted by atomic mass is 32.2. The van der Waals surface area contributed by atoms with Gasteiger partial charge in [-0.2, -0.15) is 0 Å². The summed E-state index contributed by atoms with van der Waals surface area (Å²) in [5, 5.41) is 3.16. The van der Waals surface area contributed by atoms with E-state index in [4.69, 9.17) is 9.47 Å². The van der Waals surface area contributed by atoms with E-state index in [0.29, 0.717) is 36.1 Å². The second-order valence-corrected chi connectivity index (χ2v) is 9.62. The Bertz CT molecular complexity index is 1250. The van der Waals surface area contributed by atoms with Crippen molar-refractivity contribution in [2.75, 3.05) is 35.2 Å². The molecular formula is C25H27N3O5S. The van der Waals surface area contributed by atoms with E-state index >= 15 is 0 Å². The highest BCUT2D eigenvalue weighted by molar-refractivity contribution is 7.92. The van der Waals surface area contributed by atoms with E-state index in [1.807, 2.05) is 30.3 Å². The minimum absolute atomic E-state index is 0.0853. The van der Waals surface area contributed by atoms with Crippen LogP contribution in [0.25, 0.3) is 0 Å². The highest BCUT2D eigenvalue weighted by Crippen LogP contribution is 2.32. The zero-order chi connectivity index (χ0) is 24.1. The van der Waals surface area contributed by atoms with Crippen LogP contribution in [0.2, 0.25) is 0 Å². The van der Waals surface area contributed by atoms with Gasteiger partial charge in [0.05, 0.1) is 18.1 Å². The van der Waals surface area contributed by atoms with Gasteiger partial charge >= 0.3 is 0 Å². The molecule has 1 atom stereocenters. The fraction of sp³-hybridized carbons (Fsp3) is 0.240. The first-order chi connectivity index (χ1) is 16.3. The monoisotopic (exact) mass is 481 g/mol. The Balaban J connectivity index is 1.40. The van der Waals surface area contributed by atoms with Crippen molar-refractivity contribution < 1.29 is 22.7 Å². The van der Waals surface area contributed by atoms with E-state index in [0.717, 1.165) is 12.1 Å². The number of nitrogens with one attached hydrogen (secondary N) is 2.